The molecule has 7 heteroatoms. The molecule has 0 aliphatic carbocycles. The quantitative estimate of drug-likeness (QED) is 0.310. The van der Waals surface area contributed by atoms with E-state index in [2.05, 4.69) is 81.7 Å². The van der Waals surface area contributed by atoms with Gasteiger partial charge in [0, 0.05) is 54.5 Å². The maximum absolute atomic E-state index is 13.0. The summed E-state index contributed by atoms with van der Waals surface area (Å²) in [7, 11) is 0. The van der Waals surface area contributed by atoms with E-state index < -0.39 is 0 Å². The number of aromatic nitrogens is 1. The molecule has 2 amide bonds. The summed E-state index contributed by atoms with van der Waals surface area (Å²) in [6, 6.07) is 17.0. The van der Waals surface area contributed by atoms with Crippen molar-refractivity contribution >= 4 is 34.8 Å². The fourth-order valence-electron chi connectivity index (χ4n) is 6.07. The summed E-state index contributed by atoms with van der Waals surface area (Å²) in [6.07, 6.45) is 4.06. The Kier molecular flexibility index (Phi) is 8.40. The average molecular weight is 540 g/mol. The van der Waals surface area contributed by atoms with Gasteiger partial charge in [0.25, 0.3) is 11.8 Å². The monoisotopic (exact) mass is 539 g/mol. The molecule has 1 aromatic heterocycles. The number of piperidine rings is 1. The molecule has 0 bridgehead atoms. The van der Waals surface area contributed by atoms with Crippen LogP contribution < -0.4 is 15.5 Å². The molecule has 3 heterocycles. The van der Waals surface area contributed by atoms with E-state index in [-0.39, 0.29) is 11.8 Å². The molecule has 0 saturated carbocycles. The predicted octanol–water partition coefficient (Wildman–Crippen LogP) is 5.58. The van der Waals surface area contributed by atoms with Crippen molar-refractivity contribution in [2.75, 3.05) is 49.5 Å². The smallest absolute Gasteiger partial charge is 0.256 e. The van der Waals surface area contributed by atoms with Gasteiger partial charge in [0.2, 0.25) is 0 Å². The van der Waals surface area contributed by atoms with Gasteiger partial charge in [-0.15, -0.1) is 0 Å². The van der Waals surface area contributed by atoms with Crippen LogP contribution in [0, 0.1) is 13.8 Å². The van der Waals surface area contributed by atoms with Gasteiger partial charge in [-0.2, -0.15) is 0 Å². The number of hydrogen-bond acceptors (Lipinski definition) is 4. The van der Waals surface area contributed by atoms with Crippen LogP contribution >= 0.6 is 0 Å². The van der Waals surface area contributed by atoms with Crippen LogP contribution in [0.1, 0.15) is 71.0 Å². The third kappa shape index (κ3) is 5.70. The van der Waals surface area contributed by atoms with Crippen LogP contribution in [0.4, 0.5) is 11.4 Å². The van der Waals surface area contributed by atoms with Crippen molar-refractivity contribution in [2.24, 2.45) is 0 Å². The maximum atomic E-state index is 13.0. The Labute approximate surface area is 237 Å². The van der Waals surface area contributed by atoms with Crippen molar-refractivity contribution in [3.8, 4) is 0 Å². The normalized spacial score (nSPS) is 16.5. The highest BCUT2D eigenvalue weighted by atomic mass is 16.2. The molecule has 2 aromatic carbocycles. The number of nitrogens with one attached hydrogen (secondary N) is 3. The van der Waals surface area contributed by atoms with Gasteiger partial charge in [-0.25, -0.2) is 0 Å². The number of carbonyl (C=O) groups excluding carboxylic acids is 2. The van der Waals surface area contributed by atoms with E-state index in [0.29, 0.717) is 23.6 Å². The standard InChI is InChI=1S/C33H41N5O2/c1-5-37(6-2)19-16-34-33(40)31-22(3)30(35-23(31)4)21-28-27-20-25(12-13-29(27)36-32(28)39)24-14-17-38(18-15-24)26-10-8-7-9-11-26/h7-13,20-21,24,35H,5-6,14-19H2,1-4H3,(H,34,40)(H,36,39). The van der Waals surface area contributed by atoms with E-state index in [1.807, 2.05) is 26.0 Å². The molecule has 3 N–H and O–H groups in total. The lowest BCUT2D eigenvalue weighted by Gasteiger charge is -2.34. The predicted molar refractivity (Wildman–Crippen MR) is 164 cm³/mol. The van der Waals surface area contributed by atoms with Gasteiger partial charge < -0.3 is 25.4 Å². The van der Waals surface area contributed by atoms with Crippen molar-refractivity contribution in [1.29, 1.82) is 0 Å². The van der Waals surface area contributed by atoms with Gasteiger partial charge in [0.1, 0.15) is 0 Å². The molecule has 1 fully saturated rings. The summed E-state index contributed by atoms with van der Waals surface area (Å²) >= 11 is 0. The number of amides is 2. The number of aromatic amines is 1. The fourth-order valence-corrected chi connectivity index (χ4v) is 6.07. The molecule has 0 atom stereocenters. The van der Waals surface area contributed by atoms with Gasteiger partial charge in [0.05, 0.1) is 11.1 Å². The number of likely N-dealkylation sites (N-methyl/N-ethyl adjacent to an activating group) is 1. The summed E-state index contributed by atoms with van der Waals surface area (Å²) < 4.78 is 0. The van der Waals surface area contributed by atoms with Gasteiger partial charge in [-0.05, 0) is 87.2 Å². The summed E-state index contributed by atoms with van der Waals surface area (Å²) in [6.45, 7) is 13.5. The molecule has 2 aliphatic rings. The molecule has 5 rings (SSSR count). The lowest BCUT2D eigenvalue weighted by molar-refractivity contribution is -0.110. The maximum Gasteiger partial charge on any atom is 0.256 e. The largest absolute Gasteiger partial charge is 0.371 e. The average Bonchev–Trinajstić information content (AvgIpc) is 3.44. The van der Waals surface area contributed by atoms with Crippen molar-refractivity contribution in [1.82, 2.24) is 15.2 Å². The van der Waals surface area contributed by atoms with Crippen molar-refractivity contribution < 1.29 is 9.59 Å². The summed E-state index contributed by atoms with van der Waals surface area (Å²) in [5, 5.41) is 6.09. The lowest BCUT2D eigenvalue weighted by atomic mass is 9.87. The molecule has 0 radical (unpaired) electrons. The SMILES string of the molecule is CCN(CC)CCNC(=O)c1c(C)[nH]c(C=C2C(=O)Nc3ccc(C4CCN(c5ccccc5)CC4)cc32)c1C. The first-order valence-corrected chi connectivity index (χ1v) is 14.6. The zero-order valence-corrected chi connectivity index (χ0v) is 24.1. The van der Waals surface area contributed by atoms with E-state index in [1.165, 1.54) is 11.3 Å². The number of nitrogens with zero attached hydrogens (tertiary/aromatic N) is 2. The van der Waals surface area contributed by atoms with Crippen molar-refractivity contribution in [2.45, 2.75) is 46.5 Å². The van der Waals surface area contributed by atoms with Crippen LogP contribution in [-0.2, 0) is 4.79 Å². The molecular formula is C33H41N5O2. The molecular weight excluding hydrogens is 498 g/mol. The van der Waals surface area contributed by atoms with Crippen LogP contribution in [-0.4, -0.2) is 61.0 Å². The molecule has 210 valence electrons. The second-order valence-corrected chi connectivity index (χ2v) is 10.9. The highest BCUT2D eigenvalue weighted by Crippen LogP contribution is 2.38. The second-order valence-electron chi connectivity index (χ2n) is 10.9. The van der Waals surface area contributed by atoms with Crippen LogP contribution in [0.15, 0.2) is 48.5 Å². The van der Waals surface area contributed by atoms with Crippen LogP contribution in [0.2, 0.25) is 0 Å². The molecule has 1 saturated heterocycles. The Balaban J connectivity index is 1.32. The number of carbonyl (C=O) groups is 2. The first kappa shape index (κ1) is 27.7. The van der Waals surface area contributed by atoms with E-state index in [0.717, 1.165) is 73.8 Å². The molecule has 3 aromatic rings. The van der Waals surface area contributed by atoms with Crippen LogP contribution in [0.5, 0.6) is 0 Å². The number of aryl methyl sites for hydroxylation is 1. The minimum Gasteiger partial charge on any atom is -0.371 e. The van der Waals surface area contributed by atoms with E-state index >= 15 is 0 Å². The minimum atomic E-state index is -0.108. The number of benzene rings is 2. The summed E-state index contributed by atoms with van der Waals surface area (Å²) in [5.41, 5.74) is 8.09. The number of fused-ring (bicyclic) bond motifs is 1. The Morgan fingerprint density at radius 3 is 2.50 bits per heavy atom. The van der Waals surface area contributed by atoms with E-state index in [9.17, 15) is 9.59 Å². The number of H-pyrrole nitrogens is 1. The third-order valence-electron chi connectivity index (χ3n) is 8.51. The molecule has 40 heavy (non-hydrogen) atoms. The van der Waals surface area contributed by atoms with Crippen LogP contribution in [0.3, 0.4) is 0 Å². The Morgan fingerprint density at radius 1 is 1.07 bits per heavy atom. The first-order chi connectivity index (χ1) is 19.4. The lowest BCUT2D eigenvalue weighted by Crippen LogP contribution is -2.35. The number of hydrogen-bond donors (Lipinski definition) is 3. The van der Waals surface area contributed by atoms with Gasteiger partial charge in [-0.3, -0.25) is 9.59 Å². The molecule has 7 nitrogen and oxygen atoms in total. The topological polar surface area (TPSA) is 80.5 Å². The Hall–Kier alpha value is -3.84. The number of anilines is 2. The molecule has 0 unspecified atom stereocenters. The fraction of sp³-hybridized carbons (Fsp3) is 0.394. The molecule has 0 spiro atoms. The van der Waals surface area contributed by atoms with Gasteiger partial charge in [-0.1, -0.05) is 38.1 Å². The highest BCUT2D eigenvalue weighted by molar-refractivity contribution is 6.35. The number of rotatable bonds is 9. The minimum absolute atomic E-state index is 0.0801. The first-order valence-electron chi connectivity index (χ1n) is 14.6. The highest BCUT2D eigenvalue weighted by Gasteiger charge is 2.28. The Morgan fingerprint density at radius 2 is 1.80 bits per heavy atom. The van der Waals surface area contributed by atoms with Gasteiger partial charge >= 0.3 is 0 Å². The van der Waals surface area contributed by atoms with Crippen molar-refractivity contribution in [3.63, 3.8) is 0 Å². The van der Waals surface area contributed by atoms with Crippen molar-refractivity contribution in [3.05, 3.63) is 82.2 Å². The number of para-hydroxylation sites is 1. The third-order valence-corrected chi connectivity index (χ3v) is 8.51. The van der Waals surface area contributed by atoms with Crippen LogP contribution in [0.25, 0.3) is 11.6 Å². The van der Waals surface area contributed by atoms with E-state index in [1.54, 1.807) is 0 Å². The summed E-state index contributed by atoms with van der Waals surface area (Å²) in [5.74, 6) is 0.273. The summed E-state index contributed by atoms with van der Waals surface area (Å²) in [4.78, 5) is 34.2. The second kappa shape index (κ2) is 12.1. The van der Waals surface area contributed by atoms with E-state index in [4.69, 9.17) is 0 Å². The van der Waals surface area contributed by atoms with Gasteiger partial charge in [0.15, 0.2) is 0 Å². The zero-order chi connectivity index (χ0) is 28.2. The molecule has 2 aliphatic heterocycles. The zero-order valence-electron chi connectivity index (χ0n) is 24.1. The Bertz CT molecular complexity index is 1400.